The largest absolute Gasteiger partial charge is 0.478 e. The van der Waals surface area contributed by atoms with Gasteiger partial charge in [0.25, 0.3) is 0 Å². The van der Waals surface area contributed by atoms with E-state index in [0.717, 1.165) is 42.7 Å². The first-order valence-corrected chi connectivity index (χ1v) is 8.43. The highest BCUT2D eigenvalue weighted by molar-refractivity contribution is 6.31. The number of aromatic nitrogens is 2. The minimum absolute atomic E-state index is 0.303. The number of halogens is 1. The van der Waals surface area contributed by atoms with E-state index in [0.29, 0.717) is 17.6 Å². The van der Waals surface area contributed by atoms with Crippen LogP contribution in [-0.4, -0.2) is 45.1 Å². The third-order valence-electron chi connectivity index (χ3n) is 4.04. The average molecular weight is 359 g/mol. The SMILES string of the molecule is O=C(O)C=Cc1cnc(N[C@@H]2CCN(Cc3ccccc3Cl)C2)cn1. The number of carboxylic acid groups (broad SMARTS) is 1. The summed E-state index contributed by atoms with van der Waals surface area (Å²) in [5.74, 6) is -0.314. The Labute approximate surface area is 151 Å². The quantitative estimate of drug-likeness (QED) is 0.773. The van der Waals surface area contributed by atoms with Crippen molar-refractivity contribution in [2.75, 3.05) is 18.4 Å². The van der Waals surface area contributed by atoms with Crippen LogP contribution < -0.4 is 5.32 Å². The summed E-state index contributed by atoms with van der Waals surface area (Å²) in [4.78, 5) is 21.3. The second-order valence-corrected chi connectivity index (χ2v) is 6.36. The van der Waals surface area contributed by atoms with Crippen LogP contribution in [-0.2, 0) is 11.3 Å². The van der Waals surface area contributed by atoms with Crippen molar-refractivity contribution in [2.45, 2.75) is 19.0 Å². The van der Waals surface area contributed by atoms with Crippen molar-refractivity contribution in [3.05, 3.63) is 59.0 Å². The number of benzene rings is 1. The molecule has 1 aromatic carbocycles. The predicted molar refractivity (Wildman–Crippen MR) is 97.5 cm³/mol. The predicted octanol–water partition coefficient (Wildman–Crippen LogP) is 2.91. The Balaban J connectivity index is 1.53. The number of nitrogens with one attached hydrogen (secondary N) is 1. The zero-order chi connectivity index (χ0) is 17.6. The molecular weight excluding hydrogens is 340 g/mol. The summed E-state index contributed by atoms with van der Waals surface area (Å²) in [6.07, 6.45) is 6.66. The lowest BCUT2D eigenvalue weighted by Gasteiger charge is -2.17. The zero-order valence-electron chi connectivity index (χ0n) is 13.6. The van der Waals surface area contributed by atoms with Gasteiger partial charge in [0.1, 0.15) is 5.82 Å². The van der Waals surface area contributed by atoms with Gasteiger partial charge in [-0.05, 0) is 24.1 Å². The molecule has 1 fully saturated rings. The summed E-state index contributed by atoms with van der Waals surface area (Å²) in [6, 6.07) is 8.21. The Hall–Kier alpha value is -2.44. The number of nitrogens with zero attached hydrogens (tertiary/aromatic N) is 3. The van der Waals surface area contributed by atoms with Crippen LogP contribution in [0.15, 0.2) is 42.7 Å². The molecule has 1 aliphatic rings. The van der Waals surface area contributed by atoms with Gasteiger partial charge in [0.2, 0.25) is 0 Å². The number of carbonyl (C=O) groups is 1. The standard InChI is InChI=1S/C18H19ClN4O2/c19-16-4-2-1-3-13(16)11-23-8-7-15(12-23)22-17-10-20-14(9-21-17)5-6-18(24)25/h1-6,9-10,15H,7-8,11-12H2,(H,21,22)(H,24,25)/t15-/m1/s1. The molecule has 3 rings (SSSR count). The smallest absolute Gasteiger partial charge is 0.328 e. The van der Waals surface area contributed by atoms with Gasteiger partial charge in [0.15, 0.2) is 0 Å². The Morgan fingerprint density at radius 1 is 1.36 bits per heavy atom. The van der Waals surface area contributed by atoms with E-state index < -0.39 is 5.97 Å². The van der Waals surface area contributed by atoms with Gasteiger partial charge in [-0.25, -0.2) is 9.78 Å². The fraction of sp³-hybridized carbons (Fsp3) is 0.278. The first-order valence-electron chi connectivity index (χ1n) is 8.05. The van der Waals surface area contributed by atoms with Crippen LogP contribution in [0.5, 0.6) is 0 Å². The number of hydrogen-bond donors (Lipinski definition) is 2. The van der Waals surface area contributed by atoms with Crippen molar-refractivity contribution in [3.63, 3.8) is 0 Å². The Morgan fingerprint density at radius 3 is 2.92 bits per heavy atom. The number of rotatable bonds is 6. The molecule has 1 aliphatic heterocycles. The van der Waals surface area contributed by atoms with Crippen molar-refractivity contribution >= 4 is 29.5 Å². The highest BCUT2D eigenvalue weighted by atomic mass is 35.5. The fourth-order valence-corrected chi connectivity index (χ4v) is 3.02. The summed E-state index contributed by atoms with van der Waals surface area (Å²) in [5.41, 5.74) is 1.65. The van der Waals surface area contributed by atoms with Gasteiger partial charge in [-0.3, -0.25) is 9.88 Å². The lowest BCUT2D eigenvalue weighted by molar-refractivity contribution is -0.131. The van der Waals surface area contributed by atoms with E-state index in [-0.39, 0.29) is 0 Å². The molecule has 0 unspecified atom stereocenters. The summed E-state index contributed by atoms with van der Waals surface area (Å²) >= 11 is 6.23. The molecule has 2 heterocycles. The number of anilines is 1. The second-order valence-electron chi connectivity index (χ2n) is 5.95. The van der Waals surface area contributed by atoms with Crippen molar-refractivity contribution in [1.29, 1.82) is 0 Å². The van der Waals surface area contributed by atoms with Crippen molar-refractivity contribution < 1.29 is 9.90 Å². The van der Waals surface area contributed by atoms with Crippen LogP contribution in [0.2, 0.25) is 5.02 Å². The van der Waals surface area contributed by atoms with Crippen LogP contribution >= 0.6 is 11.6 Å². The molecule has 130 valence electrons. The topological polar surface area (TPSA) is 78.3 Å². The van der Waals surface area contributed by atoms with Gasteiger partial charge in [-0.15, -0.1) is 0 Å². The highest BCUT2D eigenvalue weighted by Crippen LogP contribution is 2.21. The average Bonchev–Trinajstić information content (AvgIpc) is 3.03. The molecule has 1 saturated heterocycles. The minimum Gasteiger partial charge on any atom is -0.478 e. The van der Waals surface area contributed by atoms with Gasteiger partial charge in [0.05, 0.1) is 18.1 Å². The third-order valence-corrected chi connectivity index (χ3v) is 4.41. The molecule has 0 radical (unpaired) electrons. The third kappa shape index (κ3) is 5.01. The van der Waals surface area contributed by atoms with Gasteiger partial charge >= 0.3 is 5.97 Å². The molecule has 0 aliphatic carbocycles. The van der Waals surface area contributed by atoms with E-state index >= 15 is 0 Å². The molecule has 0 saturated carbocycles. The van der Waals surface area contributed by atoms with Crippen molar-refractivity contribution in [3.8, 4) is 0 Å². The van der Waals surface area contributed by atoms with Gasteiger partial charge < -0.3 is 10.4 Å². The normalized spacial score (nSPS) is 17.9. The Morgan fingerprint density at radius 2 is 2.20 bits per heavy atom. The number of carboxylic acids is 1. The van der Waals surface area contributed by atoms with E-state index in [2.05, 4.69) is 26.3 Å². The van der Waals surface area contributed by atoms with E-state index in [9.17, 15) is 4.79 Å². The summed E-state index contributed by atoms with van der Waals surface area (Å²) in [7, 11) is 0. The van der Waals surface area contributed by atoms with Crippen molar-refractivity contribution in [2.24, 2.45) is 0 Å². The molecule has 7 heteroatoms. The Bertz CT molecular complexity index is 764. The van der Waals surface area contributed by atoms with E-state index in [1.807, 2.05) is 18.2 Å². The first-order chi connectivity index (χ1) is 12.1. The second kappa shape index (κ2) is 8.09. The number of likely N-dealkylation sites (tertiary alicyclic amines) is 1. The summed E-state index contributed by atoms with van der Waals surface area (Å²) in [6.45, 7) is 2.74. The molecule has 25 heavy (non-hydrogen) atoms. The zero-order valence-corrected chi connectivity index (χ0v) is 14.4. The highest BCUT2D eigenvalue weighted by Gasteiger charge is 2.23. The van der Waals surface area contributed by atoms with Crippen LogP contribution in [0.25, 0.3) is 6.08 Å². The Kier molecular flexibility index (Phi) is 5.63. The van der Waals surface area contributed by atoms with Crippen LogP contribution in [0, 0.1) is 0 Å². The van der Waals surface area contributed by atoms with E-state index in [1.165, 1.54) is 6.08 Å². The van der Waals surface area contributed by atoms with Crippen molar-refractivity contribution in [1.82, 2.24) is 14.9 Å². The molecule has 0 bridgehead atoms. The maximum absolute atomic E-state index is 10.5. The monoisotopic (exact) mass is 358 g/mol. The maximum atomic E-state index is 10.5. The molecule has 2 N–H and O–H groups in total. The van der Waals surface area contributed by atoms with Gasteiger partial charge in [0, 0.05) is 36.8 Å². The lowest BCUT2D eigenvalue weighted by atomic mass is 10.2. The fourth-order valence-electron chi connectivity index (χ4n) is 2.83. The molecule has 0 spiro atoms. The van der Waals surface area contributed by atoms with E-state index in [1.54, 1.807) is 12.4 Å². The first kappa shape index (κ1) is 17.4. The minimum atomic E-state index is -1.01. The van der Waals surface area contributed by atoms with E-state index in [4.69, 9.17) is 16.7 Å². The molecule has 0 amide bonds. The van der Waals surface area contributed by atoms with Crippen LogP contribution in [0.1, 0.15) is 17.7 Å². The van der Waals surface area contributed by atoms with Gasteiger partial charge in [-0.1, -0.05) is 29.8 Å². The summed E-state index contributed by atoms with van der Waals surface area (Å²) < 4.78 is 0. The summed E-state index contributed by atoms with van der Waals surface area (Å²) in [5, 5.41) is 12.8. The molecular formula is C18H19ClN4O2. The van der Waals surface area contributed by atoms with Crippen LogP contribution in [0.4, 0.5) is 5.82 Å². The molecule has 1 atom stereocenters. The van der Waals surface area contributed by atoms with Crippen LogP contribution in [0.3, 0.4) is 0 Å². The molecule has 6 nitrogen and oxygen atoms in total. The number of hydrogen-bond acceptors (Lipinski definition) is 5. The molecule has 1 aromatic heterocycles. The molecule has 2 aromatic rings. The number of aliphatic carboxylic acids is 1. The lowest BCUT2D eigenvalue weighted by Crippen LogP contribution is -2.26. The van der Waals surface area contributed by atoms with Gasteiger partial charge in [-0.2, -0.15) is 0 Å². The maximum Gasteiger partial charge on any atom is 0.328 e.